The van der Waals surface area contributed by atoms with Gasteiger partial charge in [-0.15, -0.1) is 0 Å². The predicted molar refractivity (Wildman–Crippen MR) is 143 cm³/mol. The highest BCUT2D eigenvalue weighted by molar-refractivity contribution is 5.79. The monoisotopic (exact) mass is 508 g/mol. The Bertz CT molecular complexity index is 1060. The summed E-state index contributed by atoms with van der Waals surface area (Å²) in [5.41, 5.74) is 1.36. The number of hydrogen-bond donors (Lipinski definition) is 1. The number of piperidine rings is 1. The van der Waals surface area contributed by atoms with Crippen LogP contribution in [0.1, 0.15) is 75.8 Å². The molecule has 1 N–H and O–H groups in total. The number of hydrogen-bond acceptors (Lipinski definition) is 5. The van der Waals surface area contributed by atoms with Crippen LogP contribution in [0.5, 0.6) is 5.75 Å². The zero-order valence-corrected chi connectivity index (χ0v) is 22.3. The number of halogens is 1. The molecule has 1 saturated heterocycles. The van der Waals surface area contributed by atoms with Crippen molar-refractivity contribution >= 4 is 11.9 Å². The van der Waals surface area contributed by atoms with E-state index in [9.17, 15) is 9.18 Å². The smallest absolute Gasteiger partial charge is 0.225 e. The van der Waals surface area contributed by atoms with Gasteiger partial charge in [0.1, 0.15) is 11.6 Å². The Morgan fingerprint density at radius 1 is 1.16 bits per heavy atom. The molecule has 2 aromatic rings. The molecule has 2 saturated carbocycles. The van der Waals surface area contributed by atoms with E-state index >= 15 is 0 Å². The molecule has 2 aliphatic carbocycles. The van der Waals surface area contributed by atoms with Crippen LogP contribution >= 0.6 is 0 Å². The van der Waals surface area contributed by atoms with E-state index in [4.69, 9.17) is 4.74 Å². The summed E-state index contributed by atoms with van der Waals surface area (Å²) in [4.78, 5) is 23.8. The number of nitrogens with zero attached hydrogens (tertiary/aromatic N) is 3. The lowest BCUT2D eigenvalue weighted by molar-refractivity contribution is -0.122. The van der Waals surface area contributed by atoms with Crippen molar-refractivity contribution < 1.29 is 13.9 Å². The number of carbonyl (C=O) groups is 1. The van der Waals surface area contributed by atoms with Crippen LogP contribution in [0.4, 0.5) is 10.3 Å². The minimum atomic E-state index is -0.366. The van der Waals surface area contributed by atoms with E-state index in [0.717, 1.165) is 68.5 Å². The summed E-state index contributed by atoms with van der Waals surface area (Å²) in [5, 5.41) is 3.14. The number of aromatic nitrogens is 2. The number of anilines is 1. The molecule has 1 amide bonds. The number of carbonyl (C=O) groups excluding carboxylic acids is 1. The van der Waals surface area contributed by atoms with Crippen molar-refractivity contribution in [3.05, 3.63) is 47.5 Å². The van der Waals surface area contributed by atoms with Crippen LogP contribution in [0.2, 0.25) is 0 Å². The minimum absolute atomic E-state index is 0.0698. The Morgan fingerprint density at radius 3 is 2.59 bits per heavy atom. The molecule has 0 spiro atoms. The van der Waals surface area contributed by atoms with Crippen molar-refractivity contribution in [2.75, 3.05) is 24.6 Å². The van der Waals surface area contributed by atoms with E-state index in [1.54, 1.807) is 12.1 Å². The maximum atomic E-state index is 14.7. The van der Waals surface area contributed by atoms with E-state index in [0.29, 0.717) is 23.8 Å². The van der Waals surface area contributed by atoms with Gasteiger partial charge in [-0.3, -0.25) is 4.79 Å². The Balaban J connectivity index is 1.01. The summed E-state index contributed by atoms with van der Waals surface area (Å²) in [6.45, 7) is 6.77. The van der Waals surface area contributed by atoms with Gasteiger partial charge in [-0.2, -0.15) is 0 Å². The average Bonchev–Trinajstić information content (AvgIpc) is 3.66. The maximum Gasteiger partial charge on any atom is 0.225 e. The summed E-state index contributed by atoms with van der Waals surface area (Å²) < 4.78 is 20.6. The van der Waals surface area contributed by atoms with Crippen molar-refractivity contribution in [2.45, 2.75) is 83.6 Å². The zero-order valence-electron chi connectivity index (χ0n) is 22.3. The molecule has 0 unspecified atom stereocenters. The van der Waals surface area contributed by atoms with Gasteiger partial charge in [0, 0.05) is 37.1 Å². The lowest BCUT2D eigenvalue weighted by Crippen LogP contribution is -2.47. The first-order chi connectivity index (χ1) is 17.9. The quantitative estimate of drug-likeness (QED) is 0.476. The topological polar surface area (TPSA) is 67.4 Å². The number of rotatable bonds is 9. The molecule has 6 nitrogen and oxygen atoms in total. The molecule has 2 heterocycles. The van der Waals surface area contributed by atoms with Gasteiger partial charge in [-0.05, 0) is 87.3 Å². The van der Waals surface area contributed by atoms with Gasteiger partial charge in [-0.1, -0.05) is 25.3 Å². The first-order valence-corrected chi connectivity index (χ1v) is 14.1. The molecule has 0 bridgehead atoms. The van der Waals surface area contributed by atoms with Crippen LogP contribution in [0.15, 0.2) is 30.6 Å². The number of amides is 1. The number of benzene rings is 1. The fourth-order valence-electron chi connectivity index (χ4n) is 6.36. The van der Waals surface area contributed by atoms with Crippen LogP contribution in [-0.2, 0) is 11.2 Å². The van der Waals surface area contributed by atoms with Crippen molar-refractivity contribution in [3.8, 4) is 5.75 Å². The van der Waals surface area contributed by atoms with Crippen molar-refractivity contribution in [1.29, 1.82) is 0 Å². The molecule has 0 radical (unpaired) electrons. The second-order valence-corrected chi connectivity index (χ2v) is 11.8. The van der Waals surface area contributed by atoms with E-state index in [1.165, 1.54) is 31.7 Å². The highest BCUT2D eigenvalue weighted by Gasteiger charge is 2.43. The molecule has 3 fully saturated rings. The second kappa shape index (κ2) is 11.4. The highest BCUT2D eigenvalue weighted by atomic mass is 19.1. The molecule has 1 aromatic heterocycles. The van der Waals surface area contributed by atoms with Gasteiger partial charge in [0.25, 0.3) is 0 Å². The van der Waals surface area contributed by atoms with Gasteiger partial charge >= 0.3 is 0 Å². The van der Waals surface area contributed by atoms with E-state index in [-0.39, 0.29) is 23.7 Å². The molecule has 200 valence electrons. The molecule has 3 aliphatic rings. The SMILES string of the molecule is Cc1cnc(N2CCC([C@H]3C[C@H]3CCOc3ccc(CC(=O)NC4(C)CCCCC4)c(F)c3)CC2)nc1. The third-order valence-corrected chi connectivity index (χ3v) is 8.70. The maximum absolute atomic E-state index is 14.7. The number of aryl methyl sites for hydroxylation is 1. The van der Waals surface area contributed by atoms with E-state index in [2.05, 4.69) is 27.1 Å². The Hall–Kier alpha value is -2.70. The molecule has 1 aromatic carbocycles. The van der Waals surface area contributed by atoms with E-state index in [1.807, 2.05) is 19.3 Å². The summed E-state index contributed by atoms with van der Waals surface area (Å²) in [5.74, 6) is 3.19. The first-order valence-electron chi connectivity index (χ1n) is 14.1. The Kier molecular flexibility index (Phi) is 7.96. The third kappa shape index (κ3) is 6.79. The molecule has 1 aliphatic heterocycles. The van der Waals surface area contributed by atoms with Gasteiger partial charge in [0.05, 0.1) is 13.0 Å². The third-order valence-electron chi connectivity index (χ3n) is 8.70. The van der Waals surface area contributed by atoms with Crippen LogP contribution in [0.25, 0.3) is 0 Å². The predicted octanol–water partition coefficient (Wildman–Crippen LogP) is 5.63. The van der Waals surface area contributed by atoms with Crippen LogP contribution in [0, 0.1) is 30.5 Å². The highest BCUT2D eigenvalue weighted by Crippen LogP contribution is 2.49. The fraction of sp³-hybridized carbons (Fsp3) is 0.633. The average molecular weight is 509 g/mol. The van der Waals surface area contributed by atoms with Crippen LogP contribution in [0.3, 0.4) is 0 Å². The summed E-state index contributed by atoms with van der Waals surface area (Å²) in [6.07, 6.45) is 14.0. The zero-order chi connectivity index (χ0) is 25.8. The normalized spacial score (nSPS) is 23.5. The minimum Gasteiger partial charge on any atom is -0.493 e. The van der Waals surface area contributed by atoms with E-state index < -0.39 is 0 Å². The van der Waals surface area contributed by atoms with Crippen molar-refractivity contribution in [3.63, 3.8) is 0 Å². The van der Waals surface area contributed by atoms with Gasteiger partial charge in [0.15, 0.2) is 0 Å². The lowest BCUT2D eigenvalue weighted by atomic mass is 9.83. The van der Waals surface area contributed by atoms with Gasteiger partial charge < -0.3 is 15.0 Å². The van der Waals surface area contributed by atoms with Crippen molar-refractivity contribution in [1.82, 2.24) is 15.3 Å². The summed E-state index contributed by atoms with van der Waals surface area (Å²) in [6, 6.07) is 4.92. The number of ether oxygens (including phenoxy) is 1. The Labute approximate surface area is 220 Å². The molecular formula is C30H41FN4O2. The standard InChI is InChI=1S/C30H41FN4O2/c1-21-19-32-29(33-20-21)35-13-8-22(9-14-35)26-16-23(26)10-15-37-25-7-6-24(27(31)18-25)17-28(36)34-30(2)11-4-3-5-12-30/h6-7,18-20,22-23,26H,3-5,8-17H2,1-2H3,(H,34,36)/t23-,26-/m1/s1. The first kappa shape index (κ1) is 25.9. The largest absolute Gasteiger partial charge is 0.493 e. The number of nitrogens with one attached hydrogen (secondary N) is 1. The molecule has 5 rings (SSSR count). The van der Waals surface area contributed by atoms with Crippen molar-refractivity contribution in [2.24, 2.45) is 17.8 Å². The molecule has 37 heavy (non-hydrogen) atoms. The second-order valence-electron chi connectivity index (χ2n) is 11.8. The van der Waals surface area contributed by atoms with Gasteiger partial charge in [-0.25, -0.2) is 14.4 Å². The van der Waals surface area contributed by atoms with Gasteiger partial charge in [0.2, 0.25) is 11.9 Å². The lowest BCUT2D eigenvalue weighted by Gasteiger charge is -2.34. The Morgan fingerprint density at radius 2 is 1.89 bits per heavy atom. The fourth-order valence-corrected chi connectivity index (χ4v) is 6.36. The summed E-state index contributed by atoms with van der Waals surface area (Å²) >= 11 is 0. The molecule has 2 atom stereocenters. The molecular weight excluding hydrogens is 467 g/mol. The molecule has 7 heteroatoms. The van der Waals surface area contributed by atoms with Crippen LogP contribution in [-0.4, -0.2) is 41.1 Å². The summed E-state index contributed by atoms with van der Waals surface area (Å²) in [7, 11) is 0. The van der Waals surface area contributed by atoms with Crippen LogP contribution < -0.4 is 15.0 Å².